The van der Waals surface area contributed by atoms with Gasteiger partial charge in [0.2, 0.25) is 0 Å². The molecule has 122 valence electrons. The summed E-state index contributed by atoms with van der Waals surface area (Å²) < 4.78 is 48.5. The van der Waals surface area contributed by atoms with E-state index >= 15 is 0 Å². The summed E-state index contributed by atoms with van der Waals surface area (Å²) in [5.74, 6) is -0.786. The van der Waals surface area contributed by atoms with Gasteiger partial charge in [-0.15, -0.1) is 0 Å². The predicted octanol–water partition coefficient (Wildman–Crippen LogP) is 2.52. The first-order chi connectivity index (χ1) is 10.9. The van der Waals surface area contributed by atoms with Crippen LogP contribution in [0.3, 0.4) is 0 Å². The number of para-hydroxylation sites is 2. The maximum absolute atomic E-state index is 12.7. The van der Waals surface area contributed by atoms with Crippen molar-refractivity contribution in [1.82, 2.24) is 9.97 Å². The molecule has 0 fully saturated rings. The smallest absolute Gasteiger partial charge is 0.437 e. The lowest BCUT2D eigenvalue weighted by atomic mass is 10.3. The highest BCUT2D eigenvalue weighted by molar-refractivity contribution is 5.91. The summed E-state index contributed by atoms with van der Waals surface area (Å²) >= 11 is 0. The molecule has 1 aromatic carbocycles. The van der Waals surface area contributed by atoms with Crippen LogP contribution in [0.1, 0.15) is 5.69 Å². The number of rotatable bonds is 5. The number of alkyl halides is 3. The quantitative estimate of drug-likeness (QED) is 0.913. The number of nitrogens with one attached hydrogen (secondary N) is 1. The van der Waals surface area contributed by atoms with Crippen LogP contribution in [0.4, 0.5) is 19.0 Å². The number of anilines is 1. The van der Waals surface area contributed by atoms with E-state index in [2.05, 4.69) is 9.97 Å². The molecule has 2 aromatic rings. The third-order valence-corrected chi connectivity index (χ3v) is 2.65. The minimum Gasteiger partial charge on any atom is -0.493 e. The van der Waals surface area contributed by atoms with E-state index in [0.29, 0.717) is 11.5 Å². The van der Waals surface area contributed by atoms with E-state index in [9.17, 15) is 18.0 Å². The number of methoxy groups -OCH3 is 1. The zero-order valence-corrected chi connectivity index (χ0v) is 11.9. The van der Waals surface area contributed by atoms with Gasteiger partial charge in [-0.3, -0.25) is 4.79 Å². The first-order valence-corrected chi connectivity index (χ1v) is 6.35. The maximum atomic E-state index is 12.7. The number of benzene rings is 1. The van der Waals surface area contributed by atoms with Crippen molar-refractivity contribution in [3.63, 3.8) is 0 Å². The highest BCUT2D eigenvalue weighted by Gasteiger charge is 2.36. The molecule has 0 saturated heterocycles. The molecule has 23 heavy (non-hydrogen) atoms. The number of hydrogen-bond acceptors (Lipinski definition) is 5. The standard InChI is InChI=1S/C14H12F3N3O3/c1-22-9-4-2-3-5-10(9)23-8-11(21)20-13-12(14(15,16)17)18-6-7-19-13/h2-7H,8H2,1H3,(H,19,20,21). The first-order valence-electron chi connectivity index (χ1n) is 6.35. The van der Waals surface area contributed by atoms with Crippen LogP contribution in [0.5, 0.6) is 11.5 Å². The molecule has 0 aliphatic heterocycles. The lowest BCUT2D eigenvalue weighted by Gasteiger charge is -2.12. The van der Waals surface area contributed by atoms with Crippen LogP contribution < -0.4 is 14.8 Å². The molecule has 0 spiro atoms. The van der Waals surface area contributed by atoms with Crippen LogP contribution in [0.2, 0.25) is 0 Å². The molecule has 1 N–H and O–H groups in total. The summed E-state index contributed by atoms with van der Waals surface area (Å²) in [6.07, 6.45) is -2.78. The van der Waals surface area contributed by atoms with Crippen LogP contribution in [0, 0.1) is 0 Å². The number of aromatic nitrogens is 2. The van der Waals surface area contributed by atoms with Gasteiger partial charge < -0.3 is 14.8 Å². The van der Waals surface area contributed by atoms with Gasteiger partial charge in [-0.25, -0.2) is 9.97 Å². The number of nitrogens with zero attached hydrogens (tertiary/aromatic N) is 2. The van der Waals surface area contributed by atoms with Crippen molar-refractivity contribution in [3.8, 4) is 11.5 Å². The zero-order valence-electron chi connectivity index (χ0n) is 11.9. The lowest BCUT2D eigenvalue weighted by molar-refractivity contribution is -0.140. The second-order valence-electron chi connectivity index (χ2n) is 4.24. The third kappa shape index (κ3) is 4.31. The summed E-state index contributed by atoms with van der Waals surface area (Å²) in [5.41, 5.74) is -1.27. The second kappa shape index (κ2) is 6.95. The van der Waals surface area contributed by atoms with E-state index in [-0.39, 0.29) is 0 Å². The Morgan fingerprint density at radius 1 is 1.17 bits per heavy atom. The van der Waals surface area contributed by atoms with Gasteiger partial charge in [0.1, 0.15) is 0 Å². The van der Waals surface area contributed by atoms with Crippen LogP contribution in [0.15, 0.2) is 36.7 Å². The molecular formula is C14H12F3N3O3. The molecule has 0 unspecified atom stereocenters. The van der Waals surface area contributed by atoms with Crippen molar-refractivity contribution in [1.29, 1.82) is 0 Å². The van der Waals surface area contributed by atoms with Crippen molar-refractivity contribution < 1.29 is 27.4 Å². The monoisotopic (exact) mass is 327 g/mol. The van der Waals surface area contributed by atoms with Gasteiger partial charge in [0, 0.05) is 12.4 Å². The summed E-state index contributed by atoms with van der Waals surface area (Å²) in [5, 5.41) is 2.03. The van der Waals surface area contributed by atoms with Gasteiger partial charge in [0.15, 0.2) is 29.6 Å². The molecule has 9 heteroatoms. The minimum absolute atomic E-state index is 0.292. The summed E-state index contributed by atoms with van der Waals surface area (Å²) in [4.78, 5) is 18.4. The molecule has 0 radical (unpaired) electrons. The van der Waals surface area contributed by atoms with Crippen molar-refractivity contribution in [2.45, 2.75) is 6.18 Å². The zero-order chi connectivity index (χ0) is 16.9. The van der Waals surface area contributed by atoms with Gasteiger partial charge in [0.05, 0.1) is 7.11 Å². The average molecular weight is 327 g/mol. The van der Waals surface area contributed by atoms with E-state index in [1.54, 1.807) is 24.3 Å². The van der Waals surface area contributed by atoms with Crippen molar-refractivity contribution >= 4 is 11.7 Å². The van der Waals surface area contributed by atoms with Gasteiger partial charge in [-0.1, -0.05) is 12.1 Å². The number of amides is 1. The SMILES string of the molecule is COc1ccccc1OCC(=O)Nc1nccnc1C(F)(F)F. The van der Waals surface area contributed by atoms with E-state index in [1.165, 1.54) is 7.11 Å². The van der Waals surface area contributed by atoms with E-state index in [0.717, 1.165) is 12.4 Å². The van der Waals surface area contributed by atoms with Crippen LogP contribution in [-0.2, 0) is 11.0 Å². The van der Waals surface area contributed by atoms with Gasteiger partial charge >= 0.3 is 6.18 Å². The topological polar surface area (TPSA) is 73.3 Å². The summed E-state index contributed by atoms with van der Waals surface area (Å²) in [7, 11) is 1.43. The Morgan fingerprint density at radius 3 is 2.48 bits per heavy atom. The van der Waals surface area contributed by atoms with E-state index < -0.39 is 30.2 Å². The Labute approximate surface area is 129 Å². The normalized spacial score (nSPS) is 11.0. The highest BCUT2D eigenvalue weighted by atomic mass is 19.4. The van der Waals surface area contributed by atoms with Crippen molar-refractivity contribution in [3.05, 3.63) is 42.4 Å². The lowest BCUT2D eigenvalue weighted by Crippen LogP contribution is -2.23. The fraction of sp³-hybridized carbons (Fsp3) is 0.214. The molecule has 1 amide bonds. The number of carbonyl (C=O) groups is 1. The largest absolute Gasteiger partial charge is 0.493 e. The molecular weight excluding hydrogens is 315 g/mol. The second-order valence-corrected chi connectivity index (χ2v) is 4.24. The Morgan fingerprint density at radius 2 is 1.83 bits per heavy atom. The Hall–Kier alpha value is -2.84. The fourth-order valence-electron chi connectivity index (χ4n) is 1.69. The van der Waals surface area contributed by atoms with Crippen molar-refractivity contribution in [2.24, 2.45) is 0 Å². The van der Waals surface area contributed by atoms with Crippen LogP contribution in [-0.4, -0.2) is 29.6 Å². The Bertz CT molecular complexity index is 692. The molecule has 1 aromatic heterocycles. The number of hydrogen-bond donors (Lipinski definition) is 1. The number of halogens is 3. The summed E-state index contributed by atoms with van der Waals surface area (Å²) in [6.45, 7) is -0.506. The summed E-state index contributed by atoms with van der Waals surface area (Å²) in [6, 6.07) is 6.56. The van der Waals surface area contributed by atoms with E-state index in [1.807, 2.05) is 5.32 Å². The van der Waals surface area contributed by atoms with Crippen LogP contribution >= 0.6 is 0 Å². The Balaban J connectivity index is 2.04. The molecule has 0 bridgehead atoms. The van der Waals surface area contributed by atoms with Crippen molar-refractivity contribution in [2.75, 3.05) is 19.0 Å². The van der Waals surface area contributed by atoms with Gasteiger partial charge in [0.25, 0.3) is 5.91 Å². The van der Waals surface area contributed by atoms with Gasteiger partial charge in [-0.2, -0.15) is 13.2 Å². The third-order valence-electron chi connectivity index (χ3n) is 2.65. The molecule has 1 heterocycles. The Kier molecular flexibility index (Phi) is 4.99. The van der Waals surface area contributed by atoms with Gasteiger partial charge in [-0.05, 0) is 12.1 Å². The predicted molar refractivity (Wildman–Crippen MR) is 74.2 cm³/mol. The van der Waals surface area contributed by atoms with Crippen LogP contribution in [0.25, 0.3) is 0 Å². The molecule has 0 saturated carbocycles. The minimum atomic E-state index is -4.72. The molecule has 0 aliphatic rings. The molecule has 2 rings (SSSR count). The highest BCUT2D eigenvalue weighted by Crippen LogP contribution is 2.31. The molecule has 0 aliphatic carbocycles. The average Bonchev–Trinajstić information content (AvgIpc) is 2.52. The molecule has 0 atom stereocenters. The maximum Gasteiger partial charge on any atom is 0.437 e. The first kappa shape index (κ1) is 16.5. The van der Waals surface area contributed by atoms with E-state index in [4.69, 9.17) is 9.47 Å². The fourth-order valence-corrected chi connectivity index (χ4v) is 1.69. The number of carbonyl (C=O) groups excluding carboxylic acids is 1. The number of ether oxygens (including phenoxy) is 2. The molecule has 6 nitrogen and oxygen atoms in total.